The standard InChI is InChI=1S/C20H18N4O3/c1-23-11-14(10-21-23)17-20(15-4-2-3-5-16(15)22-19(20)26)7-8-24(17)18(25)13-6-9-27-12-13/h2-6,9-12,17H,7-8H2,1H3,(H,22,26)/t17-,20+/m0/s1. The molecule has 0 bridgehead atoms. The molecule has 1 saturated heterocycles. The summed E-state index contributed by atoms with van der Waals surface area (Å²) in [5, 5.41) is 7.29. The van der Waals surface area contributed by atoms with E-state index in [1.807, 2.05) is 37.5 Å². The van der Waals surface area contributed by atoms with E-state index in [1.165, 1.54) is 12.5 Å². The minimum atomic E-state index is -0.820. The third kappa shape index (κ3) is 2.11. The van der Waals surface area contributed by atoms with E-state index in [0.717, 1.165) is 16.8 Å². The Labute approximate surface area is 155 Å². The molecule has 27 heavy (non-hydrogen) atoms. The number of aromatic nitrogens is 2. The third-order valence-corrected chi connectivity index (χ3v) is 5.66. The maximum atomic E-state index is 13.2. The second-order valence-electron chi connectivity index (χ2n) is 7.08. The lowest BCUT2D eigenvalue weighted by molar-refractivity contribution is -0.121. The van der Waals surface area contributed by atoms with Gasteiger partial charge in [0.2, 0.25) is 5.91 Å². The molecular formula is C20H18N4O3. The molecule has 4 heterocycles. The van der Waals surface area contributed by atoms with E-state index in [1.54, 1.807) is 21.8 Å². The van der Waals surface area contributed by atoms with Crippen molar-refractivity contribution in [1.82, 2.24) is 14.7 Å². The Morgan fingerprint density at radius 3 is 2.93 bits per heavy atom. The minimum Gasteiger partial charge on any atom is -0.472 e. The summed E-state index contributed by atoms with van der Waals surface area (Å²) in [5.41, 5.74) is 2.26. The predicted molar refractivity (Wildman–Crippen MR) is 97.1 cm³/mol. The monoisotopic (exact) mass is 362 g/mol. The molecule has 0 aliphatic carbocycles. The Morgan fingerprint density at radius 2 is 2.19 bits per heavy atom. The van der Waals surface area contributed by atoms with Crippen molar-refractivity contribution in [2.45, 2.75) is 17.9 Å². The van der Waals surface area contributed by atoms with Gasteiger partial charge in [-0.2, -0.15) is 5.10 Å². The van der Waals surface area contributed by atoms with Gasteiger partial charge in [-0.3, -0.25) is 14.3 Å². The van der Waals surface area contributed by atoms with Crippen molar-refractivity contribution in [3.05, 3.63) is 71.9 Å². The van der Waals surface area contributed by atoms with Gasteiger partial charge >= 0.3 is 0 Å². The van der Waals surface area contributed by atoms with E-state index in [-0.39, 0.29) is 11.8 Å². The van der Waals surface area contributed by atoms with Crippen LogP contribution >= 0.6 is 0 Å². The molecule has 2 aromatic heterocycles. The van der Waals surface area contributed by atoms with Gasteiger partial charge in [-0.25, -0.2) is 0 Å². The number of hydrogen-bond acceptors (Lipinski definition) is 4. The molecule has 0 saturated carbocycles. The van der Waals surface area contributed by atoms with Crippen LogP contribution in [0.1, 0.15) is 33.9 Å². The summed E-state index contributed by atoms with van der Waals surface area (Å²) >= 11 is 0. The number of fused-ring (bicyclic) bond motifs is 2. The number of aryl methyl sites for hydroxylation is 1. The molecule has 5 rings (SSSR count). The van der Waals surface area contributed by atoms with Crippen LogP contribution in [0.5, 0.6) is 0 Å². The van der Waals surface area contributed by atoms with E-state index in [0.29, 0.717) is 18.5 Å². The fourth-order valence-corrected chi connectivity index (χ4v) is 4.50. The predicted octanol–water partition coefficient (Wildman–Crippen LogP) is 2.49. The van der Waals surface area contributed by atoms with Crippen molar-refractivity contribution < 1.29 is 14.0 Å². The maximum absolute atomic E-state index is 13.2. The Morgan fingerprint density at radius 1 is 1.33 bits per heavy atom. The molecule has 0 radical (unpaired) electrons. The van der Waals surface area contributed by atoms with Crippen molar-refractivity contribution in [3.63, 3.8) is 0 Å². The summed E-state index contributed by atoms with van der Waals surface area (Å²) < 4.78 is 6.79. The van der Waals surface area contributed by atoms with Crippen LogP contribution in [0.25, 0.3) is 0 Å². The first-order valence-electron chi connectivity index (χ1n) is 8.84. The average Bonchev–Trinajstić information content (AvgIpc) is 3.44. The van der Waals surface area contributed by atoms with E-state index in [2.05, 4.69) is 10.4 Å². The summed E-state index contributed by atoms with van der Waals surface area (Å²) in [4.78, 5) is 28.1. The number of anilines is 1. The van der Waals surface area contributed by atoms with E-state index >= 15 is 0 Å². The average molecular weight is 362 g/mol. The number of likely N-dealkylation sites (tertiary alicyclic amines) is 1. The van der Waals surface area contributed by atoms with Gasteiger partial charge in [0, 0.05) is 31.0 Å². The molecule has 136 valence electrons. The number of furan rings is 1. The van der Waals surface area contributed by atoms with Crippen LogP contribution in [-0.4, -0.2) is 33.0 Å². The summed E-state index contributed by atoms with van der Waals surface area (Å²) in [5.74, 6) is -0.216. The number of hydrogen-bond donors (Lipinski definition) is 1. The molecule has 2 aliphatic rings. The van der Waals surface area contributed by atoms with Crippen LogP contribution in [-0.2, 0) is 17.3 Å². The summed E-state index contributed by atoms with van der Waals surface area (Å²) in [6.45, 7) is 0.478. The smallest absolute Gasteiger partial charge is 0.257 e. The van der Waals surface area contributed by atoms with Gasteiger partial charge in [0.1, 0.15) is 11.7 Å². The molecule has 2 aliphatic heterocycles. The van der Waals surface area contributed by atoms with Crippen LogP contribution in [0.3, 0.4) is 0 Å². The topological polar surface area (TPSA) is 80.4 Å². The summed E-state index contributed by atoms with van der Waals surface area (Å²) in [6.07, 6.45) is 7.09. The van der Waals surface area contributed by atoms with Crippen LogP contribution in [0, 0.1) is 0 Å². The highest BCUT2D eigenvalue weighted by Crippen LogP contribution is 2.54. The third-order valence-electron chi connectivity index (χ3n) is 5.66. The van der Waals surface area contributed by atoms with E-state index in [4.69, 9.17) is 4.42 Å². The van der Waals surface area contributed by atoms with Gasteiger partial charge in [0.15, 0.2) is 0 Å². The first kappa shape index (κ1) is 15.9. The van der Waals surface area contributed by atoms with Crippen molar-refractivity contribution >= 4 is 17.5 Å². The van der Waals surface area contributed by atoms with E-state index < -0.39 is 11.5 Å². The Hall–Kier alpha value is -3.35. The fraction of sp³-hybridized carbons (Fsp3) is 0.250. The van der Waals surface area contributed by atoms with Crippen LogP contribution < -0.4 is 5.32 Å². The van der Waals surface area contributed by atoms with E-state index in [9.17, 15) is 9.59 Å². The lowest BCUT2D eigenvalue weighted by Crippen LogP contribution is -2.42. The number of nitrogens with one attached hydrogen (secondary N) is 1. The SMILES string of the molecule is Cn1cc([C@@H]2N(C(=O)c3ccoc3)CC[C@]23C(=O)Nc2ccccc23)cn1. The quantitative estimate of drug-likeness (QED) is 0.759. The van der Waals surface area contributed by atoms with Crippen molar-refractivity contribution in [1.29, 1.82) is 0 Å². The van der Waals surface area contributed by atoms with Crippen molar-refractivity contribution in [2.24, 2.45) is 7.05 Å². The van der Waals surface area contributed by atoms with Crippen LogP contribution in [0.4, 0.5) is 5.69 Å². The summed E-state index contributed by atoms with van der Waals surface area (Å²) in [6, 6.07) is 8.93. The van der Waals surface area contributed by atoms with Gasteiger partial charge in [-0.1, -0.05) is 18.2 Å². The van der Waals surface area contributed by atoms with Gasteiger partial charge < -0.3 is 14.6 Å². The van der Waals surface area contributed by atoms with Crippen molar-refractivity contribution in [2.75, 3.05) is 11.9 Å². The van der Waals surface area contributed by atoms with Gasteiger partial charge in [0.05, 0.1) is 24.1 Å². The lowest BCUT2D eigenvalue weighted by Gasteiger charge is -2.33. The number of amides is 2. The molecule has 2 atom stereocenters. The highest BCUT2D eigenvalue weighted by molar-refractivity contribution is 6.08. The Bertz CT molecular complexity index is 1040. The molecule has 1 fully saturated rings. The highest BCUT2D eigenvalue weighted by Gasteiger charge is 2.59. The molecular weight excluding hydrogens is 344 g/mol. The number of benzene rings is 1. The molecule has 1 spiro atoms. The zero-order valence-corrected chi connectivity index (χ0v) is 14.8. The summed E-state index contributed by atoms with van der Waals surface area (Å²) in [7, 11) is 1.83. The highest BCUT2D eigenvalue weighted by atomic mass is 16.3. The molecule has 7 nitrogen and oxygen atoms in total. The van der Waals surface area contributed by atoms with Crippen molar-refractivity contribution in [3.8, 4) is 0 Å². The first-order chi connectivity index (χ1) is 13.1. The zero-order chi connectivity index (χ0) is 18.6. The fourth-order valence-electron chi connectivity index (χ4n) is 4.50. The Balaban J connectivity index is 1.68. The Kier molecular flexibility index (Phi) is 3.28. The number of para-hydroxylation sites is 1. The second kappa shape index (κ2) is 5.57. The number of nitrogens with zero attached hydrogens (tertiary/aromatic N) is 3. The van der Waals surface area contributed by atoms with Crippen LogP contribution in [0.2, 0.25) is 0 Å². The maximum Gasteiger partial charge on any atom is 0.257 e. The zero-order valence-electron chi connectivity index (χ0n) is 14.8. The van der Waals surface area contributed by atoms with Crippen LogP contribution in [0.15, 0.2) is 59.7 Å². The molecule has 1 N–H and O–H groups in total. The molecule has 1 aromatic carbocycles. The molecule has 2 amide bonds. The molecule has 7 heteroatoms. The normalized spacial score (nSPS) is 23.7. The number of carbonyl (C=O) groups excluding carboxylic acids is 2. The number of carbonyl (C=O) groups is 2. The first-order valence-corrected chi connectivity index (χ1v) is 8.84. The molecule has 3 aromatic rings. The minimum absolute atomic E-state index is 0.0694. The van der Waals surface area contributed by atoms with Gasteiger partial charge in [-0.05, 0) is 24.1 Å². The largest absolute Gasteiger partial charge is 0.472 e. The van der Waals surface area contributed by atoms with Gasteiger partial charge in [0.25, 0.3) is 5.91 Å². The number of rotatable bonds is 2. The lowest BCUT2D eigenvalue weighted by atomic mass is 9.73. The second-order valence-corrected chi connectivity index (χ2v) is 7.08. The van der Waals surface area contributed by atoms with Gasteiger partial charge in [-0.15, -0.1) is 0 Å². The molecule has 0 unspecified atom stereocenters.